The number of carbonyl (C=O) groups is 1. The summed E-state index contributed by atoms with van der Waals surface area (Å²) in [5.74, 6) is -1.31. The summed E-state index contributed by atoms with van der Waals surface area (Å²) >= 11 is 0. The van der Waals surface area contributed by atoms with Crippen LogP contribution in [0.2, 0.25) is 0 Å². The molecule has 1 unspecified atom stereocenters. The third-order valence-corrected chi connectivity index (χ3v) is 3.72. The van der Waals surface area contributed by atoms with Crippen molar-refractivity contribution in [3.8, 4) is 0 Å². The van der Waals surface area contributed by atoms with Crippen LogP contribution in [0.25, 0.3) is 0 Å². The molecule has 1 aliphatic heterocycles. The fraction of sp³-hybridized carbons (Fsp3) is 0.235. The van der Waals surface area contributed by atoms with Crippen molar-refractivity contribution in [3.63, 3.8) is 0 Å². The molecule has 0 bridgehead atoms. The summed E-state index contributed by atoms with van der Waals surface area (Å²) in [6.45, 7) is 0.524. The van der Waals surface area contributed by atoms with Crippen LogP contribution in [-0.4, -0.2) is 29.6 Å². The second-order valence-corrected chi connectivity index (χ2v) is 5.46. The summed E-state index contributed by atoms with van der Waals surface area (Å²) < 4.78 is 18.6. The predicted octanol–water partition coefficient (Wildman–Crippen LogP) is 2.12. The summed E-state index contributed by atoms with van der Waals surface area (Å²) in [5, 5.41) is 2.65. The van der Waals surface area contributed by atoms with Gasteiger partial charge in [-0.1, -0.05) is 12.1 Å². The van der Waals surface area contributed by atoms with E-state index >= 15 is 0 Å². The number of hydrogen-bond donors (Lipinski definition) is 2. The number of nitrogens with zero attached hydrogens (tertiary/aromatic N) is 2. The van der Waals surface area contributed by atoms with Crippen LogP contribution in [0.1, 0.15) is 22.3 Å². The van der Waals surface area contributed by atoms with Gasteiger partial charge in [-0.25, -0.2) is 9.98 Å². The number of nitrogens with two attached hydrogens (primary N) is 1. The molecule has 6 nitrogen and oxygen atoms in total. The highest BCUT2D eigenvalue weighted by Crippen LogP contribution is 2.15. The molecule has 3 rings (SSSR count). The average Bonchev–Trinajstić information content (AvgIpc) is 3.00. The molecule has 2 aromatic rings. The summed E-state index contributed by atoms with van der Waals surface area (Å²) in [4.78, 5) is 19.7. The predicted molar refractivity (Wildman–Crippen MR) is 88.3 cm³/mol. The summed E-state index contributed by atoms with van der Waals surface area (Å²) in [5.41, 5.74) is 7.10. The fourth-order valence-corrected chi connectivity index (χ4v) is 2.43. The van der Waals surface area contributed by atoms with Gasteiger partial charge in [0.25, 0.3) is 11.9 Å². The lowest BCUT2D eigenvalue weighted by Crippen LogP contribution is -2.14. The number of halogens is 1. The molecule has 7 heteroatoms. The Balaban J connectivity index is 1.56. The van der Waals surface area contributed by atoms with E-state index in [0.29, 0.717) is 12.3 Å². The lowest BCUT2D eigenvalue weighted by molar-refractivity contribution is 0.102. The zero-order valence-corrected chi connectivity index (χ0v) is 12.9. The van der Waals surface area contributed by atoms with Gasteiger partial charge in [-0.2, -0.15) is 4.39 Å². The molecular formula is C17H17FN4O2. The first-order valence-corrected chi connectivity index (χ1v) is 7.58. The minimum absolute atomic E-state index is 0.0849. The number of pyridine rings is 1. The molecule has 0 fully saturated rings. The first-order valence-electron chi connectivity index (χ1n) is 7.58. The monoisotopic (exact) mass is 328 g/mol. The highest BCUT2D eigenvalue weighted by Gasteiger charge is 2.16. The van der Waals surface area contributed by atoms with Gasteiger partial charge in [0.05, 0.1) is 11.6 Å². The van der Waals surface area contributed by atoms with Gasteiger partial charge >= 0.3 is 0 Å². The number of aryl methyl sites for hydroxylation is 1. The Labute approximate surface area is 138 Å². The second-order valence-electron chi connectivity index (χ2n) is 5.46. The molecule has 0 aliphatic carbocycles. The molecule has 0 saturated heterocycles. The lowest BCUT2D eigenvalue weighted by Gasteiger charge is -2.08. The Morgan fingerprint density at radius 3 is 2.79 bits per heavy atom. The van der Waals surface area contributed by atoms with Crippen LogP contribution in [0.5, 0.6) is 0 Å². The minimum atomic E-state index is -0.787. The van der Waals surface area contributed by atoms with E-state index in [9.17, 15) is 9.18 Å². The number of rotatable bonds is 5. The summed E-state index contributed by atoms with van der Waals surface area (Å²) in [6, 6.07) is 10.6. The average molecular weight is 328 g/mol. The first-order chi connectivity index (χ1) is 11.6. The van der Waals surface area contributed by atoms with Crippen molar-refractivity contribution in [2.24, 2.45) is 10.7 Å². The largest absolute Gasteiger partial charge is 0.463 e. The maximum absolute atomic E-state index is 13.5. The Bertz CT molecular complexity index is 761. The molecule has 1 atom stereocenters. The smallest absolute Gasteiger partial charge is 0.282 e. The van der Waals surface area contributed by atoms with E-state index in [1.54, 1.807) is 12.1 Å². The normalized spacial score (nSPS) is 16.4. The zero-order chi connectivity index (χ0) is 16.9. The quantitative estimate of drug-likeness (QED) is 0.823. The van der Waals surface area contributed by atoms with Crippen LogP contribution in [0, 0.1) is 5.95 Å². The van der Waals surface area contributed by atoms with E-state index in [0.717, 1.165) is 18.4 Å². The van der Waals surface area contributed by atoms with Gasteiger partial charge in [0.1, 0.15) is 6.61 Å². The number of nitrogens with one attached hydrogen (secondary N) is 1. The molecule has 124 valence electrons. The van der Waals surface area contributed by atoms with Gasteiger partial charge in [0.15, 0.2) is 0 Å². The van der Waals surface area contributed by atoms with Crippen molar-refractivity contribution in [2.45, 2.75) is 18.9 Å². The van der Waals surface area contributed by atoms with E-state index in [-0.39, 0.29) is 17.6 Å². The van der Waals surface area contributed by atoms with Gasteiger partial charge < -0.3 is 15.8 Å². The van der Waals surface area contributed by atoms with E-state index in [4.69, 9.17) is 10.5 Å². The summed E-state index contributed by atoms with van der Waals surface area (Å²) in [6.07, 6.45) is 2.97. The molecule has 1 aromatic heterocycles. The van der Waals surface area contributed by atoms with Gasteiger partial charge in [0, 0.05) is 11.9 Å². The minimum Gasteiger partial charge on any atom is -0.463 e. The van der Waals surface area contributed by atoms with Crippen LogP contribution in [0.3, 0.4) is 0 Å². The molecule has 1 amide bonds. The molecule has 0 saturated carbocycles. The molecular weight excluding hydrogens is 311 g/mol. The molecule has 1 aromatic carbocycles. The van der Waals surface area contributed by atoms with Crippen molar-refractivity contribution in [1.82, 2.24) is 4.98 Å². The van der Waals surface area contributed by atoms with Crippen LogP contribution in [0.15, 0.2) is 47.6 Å². The van der Waals surface area contributed by atoms with Crippen molar-refractivity contribution >= 4 is 17.6 Å². The third kappa shape index (κ3) is 3.87. The maximum Gasteiger partial charge on any atom is 0.282 e. The molecule has 1 aliphatic rings. The van der Waals surface area contributed by atoms with E-state index in [1.165, 1.54) is 18.3 Å². The Morgan fingerprint density at radius 1 is 1.33 bits per heavy atom. The number of aliphatic imine (C=N–C) groups is 1. The highest BCUT2D eigenvalue weighted by molar-refractivity contribution is 6.04. The summed E-state index contributed by atoms with van der Waals surface area (Å²) in [7, 11) is 0. The van der Waals surface area contributed by atoms with E-state index < -0.39 is 11.9 Å². The van der Waals surface area contributed by atoms with Crippen LogP contribution in [-0.2, 0) is 11.2 Å². The number of hydrogen-bond acceptors (Lipinski definition) is 5. The first kappa shape index (κ1) is 15.9. The zero-order valence-electron chi connectivity index (χ0n) is 12.9. The lowest BCUT2D eigenvalue weighted by atomic mass is 10.1. The molecule has 3 N–H and O–H groups in total. The number of carbonyl (C=O) groups excluding carboxylic acids is 1. The molecule has 0 spiro atoms. The number of aromatic nitrogens is 1. The number of anilines is 1. The Morgan fingerprint density at radius 2 is 2.12 bits per heavy atom. The molecule has 2 heterocycles. The van der Waals surface area contributed by atoms with Crippen LogP contribution >= 0.6 is 0 Å². The van der Waals surface area contributed by atoms with Crippen LogP contribution < -0.4 is 11.1 Å². The second kappa shape index (κ2) is 7.08. The van der Waals surface area contributed by atoms with Crippen molar-refractivity contribution in [3.05, 3.63) is 59.7 Å². The number of amides is 1. The van der Waals surface area contributed by atoms with Crippen LogP contribution in [0.4, 0.5) is 10.1 Å². The van der Waals surface area contributed by atoms with Gasteiger partial charge in [-0.05, 0) is 42.7 Å². The van der Waals surface area contributed by atoms with Crippen molar-refractivity contribution in [1.29, 1.82) is 0 Å². The van der Waals surface area contributed by atoms with Gasteiger partial charge in [0.2, 0.25) is 5.95 Å². The SMILES string of the molecule is NC1=NC(CCc2ccc(NC(=O)c3cccnc3F)cc2)CO1. The van der Waals surface area contributed by atoms with Crippen molar-refractivity contribution in [2.75, 3.05) is 11.9 Å². The maximum atomic E-state index is 13.5. The number of ether oxygens (including phenoxy) is 1. The standard InChI is InChI=1S/C17H17FN4O2/c18-15-14(2-1-9-20-15)16(23)21-12-6-3-11(4-7-12)5-8-13-10-24-17(19)22-13/h1-4,6-7,9,13H,5,8,10H2,(H2,19,22)(H,21,23). The van der Waals surface area contributed by atoms with Gasteiger partial charge in [-0.15, -0.1) is 0 Å². The highest BCUT2D eigenvalue weighted by atomic mass is 19.1. The molecule has 0 radical (unpaired) electrons. The number of benzene rings is 1. The fourth-order valence-electron chi connectivity index (χ4n) is 2.43. The van der Waals surface area contributed by atoms with E-state index in [1.807, 2.05) is 12.1 Å². The Hall–Kier alpha value is -2.96. The third-order valence-electron chi connectivity index (χ3n) is 3.72. The Kier molecular flexibility index (Phi) is 4.69. The number of amidine groups is 1. The topological polar surface area (TPSA) is 89.6 Å². The van der Waals surface area contributed by atoms with Gasteiger partial charge in [-0.3, -0.25) is 4.79 Å². The van der Waals surface area contributed by atoms with E-state index in [2.05, 4.69) is 15.3 Å². The van der Waals surface area contributed by atoms with Crippen molar-refractivity contribution < 1.29 is 13.9 Å². The molecule has 24 heavy (non-hydrogen) atoms.